The highest BCUT2D eigenvalue weighted by Crippen LogP contribution is 2.31. The Kier molecular flexibility index (Phi) is 3.16. The van der Waals surface area contributed by atoms with E-state index in [0.717, 1.165) is 15.9 Å². The summed E-state index contributed by atoms with van der Waals surface area (Å²) in [6, 6.07) is 5.20. The van der Waals surface area contributed by atoms with Crippen molar-refractivity contribution in [1.82, 2.24) is 0 Å². The molecule has 5 heteroatoms. The molecule has 16 heavy (non-hydrogen) atoms. The zero-order chi connectivity index (χ0) is 11.7. The second kappa shape index (κ2) is 4.43. The van der Waals surface area contributed by atoms with Crippen LogP contribution in [-0.4, -0.2) is 25.6 Å². The summed E-state index contributed by atoms with van der Waals surface area (Å²) in [7, 11) is 1.61. The first-order valence-corrected chi connectivity index (χ1v) is 5.83. The number of benzene rings is 1. The number of hydrogen-bond acceptors (Lipinski definition) is 3. The first kappa shape index (κ1) is 11.4. The molecule has 86 valence electrons. The fourth-order valence-electron chi connectivity index (χ4n) is 1.78. The molecule has 1 aliphatic heterocycles. The smallest absolute Gasteiger partial charge is 0.243 e. The maximum absolute atomic E-state index is 11.7. The van der Waals surface area contributed by atoms with E-state index in [2.05, 4.69) is 15.9 Å². The van der Waals surface area contributed by atoms with Crippen molar-refractivity contribution in [3.05, 3.63) is 22.7 Å². The minimum atomic E-state index is -0.360. The lowest BCUT2D eigenvalue weighted by molar-refractivity contribution is -0.118. The standard InChI is InChI=1S/C11H13BrN2O2/c1-16-10-3-2-7(6-8(10)12)14-5-4-9(13)11(14)15/h2-3,6,9H,4-5,13H2,1H3. The van der Waals surface area contributed by atoms with Crippen LogP contribution < -0.4 is 15.4 Å². The molecular formula is C11H13BrN2O2. The molecular weight excluding hydrogens is 272 g/mol. The molecule has 0 aromatic heterocycles. The number of nitrogens with zero attached hydrogens (tertiary/aromatic N) is 1. The number of nitrogens with two attached hydrogens (primary N) is 1. The Bertz CT molecular complexity index is 422. The van der Waals surface area contributed by atoms with Gasteiger partial charge in [0.15, 0.2) is 0 Å². The Hall–Kier alpha value is -1.07. The van der Waals surface area contributed by atoms with Gasteiger partial charge in [0.25, 0.3) is 0 Å². The zero-order valence-electron chi connectivity index (χ0n) is 8.94. The third kappa shape index (κ3) is 1.92. The van der Waals surface area contributed by atoms with Crippen LogP contribution in [0.15, 0.2) is 22.7 Å². The average Bonchev–Trinajstić information content (AvgIpc) is 2.60. The van der Waals surface area contributed by atoms with Crippen LogP contribution in [0.3, 0.4) is 0 Å². The normalized spacial score (nSPS) is 20.3. The Morgan fingerprint density at radius 3 is 2.81 bits per heavy atom. The maximum atomic E-state index is 11.7. The number of methoxy groups -OCH3 is 1. The molecule has 1 saturated heterocycles. The van der Waals surface area contributed by atoms with Crippen LogP contribution >= 0.6 is 15.9 Å². The van der Waals surface area contributed by atoms with Gasteiger partial charge in [0.1, 0.15) is 5.75 Å². The van der Waals surface area contributed by atoms with Gasteiger partial charge in [-0.3, -0.25) is 4.79 Å². The molecule has 1 aliphatic rings. The molecule has 2 N–H and O–H groups in total. The summed E-state index contributed by atoms with van der Waals surface area (Å²) in [4.78, 5) is 13.4. The van der Waals surface area contributed by atoms with Gasteiger partial charge in [-0.2, -0.15) is 0 Å². The molecule has 1 unspecified atom stereocenters. The number of carbonyl (C=O) groups is 1. The van der Waals surface area contributed by atoms with E-state index in [0.29, 0.717) is 13.0 Å². The lowest BCUT2D eigenvalue weighted by Gasteiger charge is -2.17. The van der Waals surface area contributed by atoms with E-state index in [1.165, 1.54) is 0 Å². The van der Waals surface area contributed by atoms with Gasteiger partial charge < -0.3 is 15.4 Å². The molecule has 0 saturated carbocycles. The Morgan fingerprint density at radius 2 is 2.31 bits per heavy atom. The van der Waals surface area contributed by atoms with E-state index in [1.807, 2.05) is 18.2 Å². The van der Waals surface area contributed by atoms with Crippen molar-refractivity contribution in [1.29, 1.82) is 0 Å². The second-order valence-electron chi connectivity index (χ2n) is 3.70. The first-order valence-electron chi connectivity index (χ1n) is 5.04. The summed E-state index contributed by atoms with van der Waals surface area (Å²) < 4.78 is 5.97. The number of halogens is 1. The summed E-state index contributed by atoms with van der Waals surface area (Å²) in [6.07, 6.45) is 0.711. The first-order chi connectivity index (χ1) is 7.63. The van der Waals surface area contributed by atoms with Gasteiger partial charge >= 0.3 is 0 Å². The molecule has 1 heterocycles. The van der Waals surface area contributed by atoms with E-state index in [9.17, 15) is 4.79 Å². The fourth-order valence-corrected chi connectivity index (χ4v) is 2.31. The number of ether oxygens (including phenoxy) is 1. The molecule has 1 atom stereocenters. The van der Waals surface area contributed by atoms with E-state index < -0.39 is 0 Å². The Labute approximate surface area is 102 Å². The van der Waals surface area contributed by atoms with Crippen molar-refractivity contribution in [3.63, 3.8) is 0 Å². The third-order valence-corrected chi connectivity index (χ3v) is 3.31. The number of amides is 1. The molecule has 0 spiro atoms. The lowest BCUT2D eigenvalue weighted by Crippen LogP contribution is -2.33. The number of rotatable bonds is 2. The largest absolute Gasteiger partial charge is 0.496 e. The van der Waals surface area contributed by atoms with Gasteiger partial charge in [-0.25, -0.2) is 0 Å². The van der Waals surface area contributed by atoms with E-state index >= 15 is 0 Å². The summed E-state index contributed by atoms with van der Waals surface area (Å²) in [6.45, 7) is 0.679. The molecule has 0 bridgehead atoms. The molecule has 1 fully saturated rings. The van der Waals surface area contributed by atoms with Gasteiger partial charge in [-0.1, -0.05) is 0 Å². The monoisotopic (exact) mass is 284 g/mol. The summed E-state index contributed by atoms with van der Waals surface area (Å²) in [5, 5.41) is 0. The summed E-state index contributed by atoms with van der Waals surface area (Å²) in [5.74, 6) is 0.733. The van der Waals surface area contributed by atoms with Crippen LogP contribution in [0.25, 0.3) is 0 Å². The molecule has 1 aromatic rings. The minimum absolute atomic E-state index is 0.0166. The van der Waals surface area contributed by atoms with Crippen molar-refractivity contribution in [2.24, 2.45) is 5.73 Å². The van der Waals surface area contributed by atoms with Crippen LogP contribution in [-0.2, 0) is 4.79 Å². The quantitative estimate of drug-likeness (QED) is 0.896. The van der Waals surface area contributed by atoms with Crippen LogP contribution in [0.4, 0.5) is 5.69 Å². The SMILES string of the molecule is COc1ccc(N2CCC(N)C2=O)cc1Br. The minimum Gasteiger partial charge on any atom is -0.496 e. The predicted molar refractivity (Wildman–Crippen MR) is 65.6 cm³/mol. The van der Waals surface area contributed by atoms with E-state index in [4.69, 9.17) is 10.5 Å². The maximum Gasteiger partial charge on any atom is 0.243 e. The topological polar surface area (TPSA) is 55.6 Å². The van der Waals surface area contributed by atoms with Crippen molar-refractivity contribution >= 4 is 27.5 Å². The zero-order valence-corrected chi connectivity index (χ0v) is 10.5. The molecule has 1 aromatic carbocycles. The molecule has 1 amide bonds. The Morgan fingerprint density at radius 1 is 1.56 bits per heavy atom. The number of carbonyl (C=O) groups excluding carboxylic acids is 1. The van der Waals surface area contributed by atoms with Crippen molar-refractivity contribution in [3.8, 4) is 5.75 Å². The Balaban J connectivity index is 2.28. The van der Waals surface area contributed by atoms with Crippen molar-refractivity contribution in [2.75, 3.05) is 18.6 Å². The van der Waals surface area contributed by atoms with Crippen LogP contribution in [0.5, 0.6) is 5.75 Å². The molecule has 4 nitrogen and oxygen atoms in total. The van der Waals surface area contributed by atoms with Gasteiger partial charge in [0, 0.05) is 12.2 Å². The second-order valence-corrected chi connectivity index (χ2v) is 4.56. The molecule has 0 radical (unpaired) electrons. The van der Waals surface area contributed by atoms with Crippen LogP contribution in [0.2, 0.25) is 0 Å². The molecule has 0 aliphatic carbocycles. The molecule has 2 rings (SSSR count). The van der Waals surface area contributed by atoms with E-state index in [-0.39, 0.29) is 11.9 Å². The van der Waals surface area contributed by atoms with Crippen LogP contribution in [0, 0.1) is 0 Å². The van der Waals surface area contributed by atoms with Gasteiger partial charge in [-0.05, 0) is 40.5 Å². The van der Waals surface area contributed by atoms with E-state index in [1.54, 1.807) is 12.0 Å². The van der Waals surface area contributed by atoms with Crippen molar-refractivity contribution < 1.29 is 9.53 Å². The highest BCUT2D eigenvalue weighted by Gasteiger charge is 2.29. The number of anilines is 1. The number of hydrogen-bond donors (Lipinski definition) is 1. The van der Waals surface area contributed by atoms with Gasteiger partial charge in [-0.15, -0.1) is 0 Å². The van der Waals surface area contributed by atoms with Gasteiger partial charge in [0.05, 0.1) is 17.6 Å². The summed E-state index contributed by atoms with van der Waals surface area (Å²) >= 11 is 3.40. The fraction of sp³-hybridized carbons (Fsp3) is 0.364. The average molecular weight is 285 g/mol. The predicted octanol–water partition coefficient (Wildman–Crippen LogP) is 1.52. The lowest BCUT2D eigenvalue weighted by atomic mass is 10.2. The third-order valence-electron chi connectivity index (χ3n) is 2.69. The highest BCUT2D eigenvalue weighted by molar-refractivity contribution is 9.10. The summed E-state index contributed by atoms with van der Waals surface area (Å²) in [5.41, 5.74) is 6.52. The van der Waals surface area contributed by atoms with Crippen molar-refractivity contribution in [2.45, 2.75) is 12.5 Å². The van der Waals surface area contributed by atoms with Crippen LogP contribution in [0.1, 0.15) is 6.42 Å². The highest BCUT2D eigenvalue weighted by atomic mass is 79.9. The van der Waals surface area contributed by atoms with Gasteiger partial charge in [0.2, 0.25) is 5.91 Å².